The number of halogens is 1. The zero-order valence-electron chi connectivity index (χ0n) is 10.4. The van der Waals surface area contributed by atoms with Gasteiger partial charge in [0.2, 0.25) is 0 Å². The summed E-state index contributed by atoms with van der Waals surface area (Å²) in [5.41, 5.74) is 1.62. The van der Waals surface area contributed by atoms with Crippen molar-refractivity contribution in [3.05, 3.63) is 35.2 Å². The van der Waals surface area contributed by atoms with Crippen LogP contribution >= 0.6 is 11.6 Å². The number of fused-ring (bicyclic) bond motifs is 1. The lowest BCUT2D eigenvalue weighted by atomic mass is 10.1. The van der Waals surface area contributed by atoms with Gasteiger partial charge in [0.1, 0.15) is 5.65 Å². The Morgan fingerprint density at radius 1 is 1.32 bits per heavy atom. The summed E-state index contributed by atoms with van der Waals surface area (Å²) in [6.45, 7) is 0. The Labute approximate surface area is 117 Å². The van der Waals surface area contributed by atoms with Crippen molar-refractivity contribution in [1.82, 2.24) is 9.38 Å². The molecule has 1 fully saturated rings. The second-order valence-electron chi connectivity index (χ2n) is 5.03. The van der Waals surface area contributed by atoms with Gasteiger partial charge < -0.3 is 4.40 Å². The van der Waals surface area contributed by atoms with Crippen LogP contribution in [0, 0.1) is 0 Å². The molecule has 1 unspecified atom stereocenters. The van der Waals surface area contributed by atoms with Gasteiger partial charge in [0.25, 0.3) is 0 Å². The van der Waals surface area contributed by atoms with Crippen molar-refractivity contribution < 1.29 is 8.42 Å². The highest BCUT2D eigenvalue weighted by Crippen LogP contribution is 2.23. The molecule has 6 heteroatoms. The van der Waals surface area contributed by atoms with Crippen LogP contribution in [-0.2, 0) is 16.3 Å². The van der Waals surface area contributed by atoms with Gasteiger partial charge in [-0.15, -0.1) is 0 Å². The largest absolute Gasteiger partial charge is 0.305 e. The van der Waals surface area contributed by atoms with Crippen LogP contribution in [0.15, 0.2) is 24.5 Å². The zero-order valence-corrected chi connectivity index (χ0v) is 12.0. The van der Waals surface area contributed by atoms with E-state index in [2.05, 4.69) is 4.98 Å². The molecule has 4 nitrogen and oxygen atoms in total. The first kappa shape index (κ1) is 12.9. The van der Waals surface area contributed by atoms with Crippen LogP contribution in [0.5, 0.6) is 0 Å². The fourth-order valence-corrected chi connectivity index (χ4v) is 4.66. The van der Waals surface area contributed by atoms with Gasteiger partial charge in [-0.25, -0.2) is 13.4 Å². The quantitative estimate of drug-likeness (QED) is 0.856. The van der Waals surface area contributed by atoms with E-state index in [1.54, 1.807) is 12.3 Å². The molecular weight excluding hydrogens is 284 g/mol. The Bertz CT molecular complexity index is 709. The normalized spacial score (nSPS) is 22.7. The highest BCUT2D eigenvalue weighted by Gasteiger charge is 2.29. The SMILES string of the molecule is O=S1(=O)CCCCC1Cc1cn2cc(Cl)ccc2n1. The summed E-state index contributed by atoms with van der Waals surface area (Å²) in [6, 6.07) is 3.62. The van der Waals surface area contributed by atoms with Crippen molar-refractivity contribution in [3.63, 3.8) is 0 Å². The fourth-order valence-electron chi connectivity index (χ4n) is 2.60. The van der Waals surface area contributed by atoms with E-state index >= 15 is 0 Å². The van der Waals surface area contributed by atoms with Gasteiger partial charge in [-0.05, 0) is 25.0 Å². The lowest BCUT2D eigenvalue weighted by Gasteiger charge is -2.21. The van der Waals surface area contributed by atoms with Crippen LogP contribution in [0.3, 0.4) is 0 Å². The number of hydrogen-bond donors (Lipinski definition) is 0. The predicted molar refractivity (Wildman–Crippen MR) is 75.3 cm³/mol. The average molecular weight is 299 g/mol. The smallest absolute Gasteiger partial charge is 0.153 e. The van der Waals surface area contributed by atoms with E-state index in [9.17, 15) is 8.42 Å². The number of hydrogen-bond acceptors (Lipinski definition) is 3. The molecule has 0 aliphatic carbocycles. The third-order valence-corrected chi connectivity index (χ3v) is 6.11. The lowest BCUT2D eigenvalue weighted by Crippen LogP contribution is -2.30. The summed E-state index contributed by atoms with van der Waals surface area (Å²) in [7, 11) is -2.94. The minimum absolute atomic E-state index is 0.276. The van der Waals surface area contributed by atoms with Crippen LogP contribution in [0.25, 0.3) is 5.65 Å². The first-order valence-electron chi connectivity index (χ1n) is 6.39. The van der Waals surface area contributed by atoms with E-state index < -0.39 is 9.84 Å². The standard InChI is InChI=1S/C13H15ClN2O2S/c14-10-4-5-13-15-11(9-16(13)8-10)7-12-3-1-2-6-19(12,17)18/h4-5,8-9,12H,1-3,6-7H2. The first-order valence-corrected chi connectivity index (χ1v) is 8.49. The molecule has 1 aliphatic heterocycles. The Hall–Kier alpha value is -1.07. The first-order chi connectivity index (χ1) is 9.04. The van der Waals surface area contributed by atoms with E-state index in [-0.39, 0.29) is 5.25 Å². The molecular formula is C13H15ClN2O2S. The van der Waals surface area contributed by atoms with Gasteiger partial charge in [-0.2, -0.15) is 0 Å². The summed E-state index contributed by atoms with van der Waals surface area (Å²) in [5, 5.41) is 0.364. The van der Waals surface area contributed by atoms with Crippen LogP contribution < -0.4 is 0 Å². The molecule has 3 heterocycles. The van der Waals surface area contributed by atoms with Crippen molar-refractivity contribution in [1.29, 1.82) is 0 Å². The second kappa shape index (κ2) is 4.80. The van der Waals surface area contributed by atoms with E-state index in [0.29, 0.717) is 17.2 Å². The topological polar surface area (TPSA) is 51.4 Å². The fraction of sp³-hybridized carbons (Fsp3) is 0.462. The Morgan fingerprint density at radius 3 is 2.95 bits per heavy atom. The Kier molecular flexibility index (Phi) is 3.27. The molecule has 0 amide bonds. The van der Waals surface area contributed by atoms with Gasteiger partial charge in [0.05, 0.1) is 21.7 Å². The van der Waals surface area contributed by atoms with E-state index in [0.717, 1.165) is 30.6 Å². The van der Waals surface area contributed by atoms with E-state index in [4.69, 9.17) is 11.6 Å². The molecule has 0 N–H and O–H groups in total. The second-order valence-corrected chi connectivity index (χ2v) is 7.87. The number of aromatic nitrogens is 2. The van der Waals surface area contributed by atoms with Crippen LogP contribution in [0.1, 0.15) is 25.0 Å². The van der Waals surface area contributed by atoms with E-state index in [1.807, 2.05) is 16.7 Å². The Balaban J connectivity index is 1.88. The molecule has 102 valence electrons. The van der Waals surface area contributed by atoms with Gasteiger partial charge in [-0.1, -0.05) is 18.0 Å². The molecule has 2 aromatic heterocycles. The third-order valence-electron chi connectivity index (χ3n) is 3.61. The summed E-state index contributed by atoms with van der Waals surface area (Å²) < 4.78 is 25.8. The number of rotatable bonds is 2. The van der Waals surface area contributed by atoms with Crippen molar-refractivity contribution >= 4 is 27.1 Å². The minimum atomic E-state index is -2.94. The Morgan fingerprint density at radius 2 is 2.16 bits per heavy atom. The molecule has 3 rings (SSSR count). The highest BCUT2D eigenvalue weighted by molar-refractivity contribution is 7.92. The average Bonchev–Trinajstić information content (AvgIpc) is 2.73. The van der Waals surface area contributed by atoms with E-state index in [1.165, 1.54) is 0 Å². The van der Waals surface area contributed by atoms with Gasteiger partial charge in [0.15, 0.2) is 9.84 Å². The zero-order chi connectivity index (χ0) is 13.5. The molecule has 1 atom stereocenters. The monoisotopic (exact) mass is 298 g/mol. The molecule has 0 spiro atoms. The maximum Gasteiger partial charge on any atom is 0.153 e. The van der Waals surface area contributed by atoms with Crippen LogP contribution in [0.2, 0.25) is 5.02 Å². The molecule has 0 aromatic carbocycles. The maximum absolute atomic E-state index is 12.0. The molecule has 0 bridgehead atoms. The van der Waals surface area contributed by atoms with Gasteiger partial charge in [0, 0.05) is 18.8 Å². The van der Waals surface area contributed by atoms with Crippen LogP contribution in [0.4, 0.5) is 0 Å². The molecule has 2 aromatic rings. The number of sulfone groups is 1. The number of nitrogens with zero attached hydrogens (tertiary/aromatic N) is 2. The summed E-state index contributed by atoms with van der Waals surface area (Å²) in [5.74, 6) is 0.316. The summed E-state index contributed by atoms with van der Waals surface area (Å²) in [4.78, 5) is 4.45. The molecule has 1 saturated heterocycles. The van der Waals surface area contributed by atoms with Crippen molar-refractivity contribution in [2.45, 2.75) is 30.9 Å². The van der Waals surface area contributed by atoms with Crippen molar-refractivity contribution in [2.24, 2.45) is 0 Å². The molecule has 19 heavy (non-hydrogen) atoms. The third kappa shape index (κ3) is 2.62. The van der Waals surface area contributed by atoms with Crippen molar-refractivity contribution in [2.75, 3.05) is 5.75 Å². The molecule has 1 aliphatic rings. The maximum atomic E-state index is 12.0. The predicted octanol–water partition coefficient (Wildman–Crippen LogP) is 2.50. The van der Waals surface area contributed by atoms with Crippen LogP contribution in [-0.4, -0.2) is 28.8 Å². The van der Waals surface area contributed by atoms with Crippen molar-refractivity contribution in [3.8, 4) is 0 Å². The summed E-state index contributed by atoms with van der Waals surface area (Å²) in [6.07, 6.45) is 6.68. The minimum Gasteiger partial charge on any atom is -0.305 e. The number of imidazole rings is 1. The van der Waals surface area contributed by atoms with Gasteiger partial charge in [-0.3, -0.25) is 0 Å². The summed E-state index contributed by atoms with van der Waals surface area (Å²) >= 11 is 5.92. The molecule has 0 radical (unpaired) electrons. The molecule has 0 saturated carbocycles. The lowest BCUT2D eigenvalue weighted by molar-refractivity contribution is 0.536. The van der Waals surface area contributed by atoms with Gasteiger partial charge >= 0.3 is 0 Å². The highest BCUT2D eigenvalue weighted by atomic mass is 35.5. The number of pyridine rings is 1.